The maximum absolute atomic E-state index is 12.2. The number of amides is 1. The van der Waals surface area contributed by atoms with E-state index in [0.29, 0.717) is 20.7 Å². The Morgan fingerprint density at radius 1 is 1.17 bits per heavy atom. The van der Waals surface area contributed by atoms with Gasteiger partial charge in [-0.1, -0.05) is 47.2 Å². The molecule has 0 radical (unpaired) electrons. The van der Waals surface area contributed by atoms with Gasteiger partial charge in [-0.25, -0.2) is 0 Å². The van der Waals surface area contributed by atoms with Gasteiger partial charge in [0, 0.05) is 5.56 Å². The van der Waals surface area contributed by atoms with Gasteiger partial charge in [-0.3, -0.25) is 10.1 Å². The van der Waals surface area contributed by atoms with Crippen LogP contribution in [0.2, 0.25) is 5.02 Å². The second-order valence-corrected chi connectivity index (χ2v) is 5.96. The molecule has 0 aliphatic carbocycles. The molecule has 1 amide bonds. The number of ether oxygens (including phenoxy) is 1. The van der Waals surface area contributed by atoms with Crippen LogP contribution in [-0.2, 0) is 0 Å². The summed E-state index contributed by atoms with van der Waals surface area (Å²) in [5.74, 6) is 0.420. The average Bonchev–Trinajstić information content (AvgIpc) is 3.03. The van der Waals surface area contributed by atoms with Crippen LogP contribution in [0.1, 0.15) is 10.4 Å². The Morgan fingerprint density at radius 3 is 2.78 bits per heavy atom. The summed E-state index contributed by atoms with van der Waals surface area (Å²) in [6.07, 6.45) is 0. The van der Waals surface area contributed by atoms with Crippen LogP contribution in [-0.4, -0.2) is 23.2 Å². The molecular weight excluding hydrogens is 334 g/mol. The van der Waals surface area contributed by atoms with E-state index in [1.807, 2.05) is 24.3 Å². The van der Waals surface area contributed by atoms with Crippen molar-refractivity contribution < 1.29 is 9.53 Å². The van der Waals surface area contributed by atoms with Crippen molar-refractivity contribution in [1.29, 1.82) is 0 Å². The van der Waals surface area contributed by atoms with Crippen LogP contribution in [0.5, 0.6) is 5.75 Å². The standard InChI is InChI=1S/C16H12ClN3O2S/c1-22-11-6-4-5-10(9-11)15-19-20-16(23-15)18-14(21)12-7-2-3-8-13(12)17/h2-9H,1H3,(H,18,20,21). The number of carbonyl (C=O) groups excluding carboxylic acids is 1. The fourth-order valence-electron chi connectivity index (χ4n) is 1.96. The maximum Gasteiger partial charge on any atom is 0.259 e. The number of benzene rings is 2. The Morgan fingerprint density at radius 2 is 2.00 bits per heavy atom. The first-order valence-electron chi connectivity index (χ1n) is 6.71. The van der Waals surface area contributed by atoms with Crippen molar-refractivity contribution >= 4 is 34.0 Å². The summed E-state index contributed by atoms with van der Waals surface area (Å²) in [4.78, 5) is 12.2. The Labute approximate surface area is 141 Å². The van der Waals surface area contributed by atoms with E-state index in [-0.39, 0.29) is 5.91 Å². The van der Waals surface area contributed by atoms with Gasteiger partial charge in [-0.05, 0) is 24.3 Å². The van der Waals surface area contributed by atoms with Gasteiger partial charge in [0.2, 0.25) is 5.13 Å². The highest BCUT2D eigenvalue weighted by atomic mass is 35.5. The van der Waals surface area contributed by atoms with Crippen LogP contribution < -0.4 is 10.1 Å². The lowest BCUT2D eigenvalue weighted by atomic mass is 10.2. The first-order chi connectivity index (χ1) is 11.2. The topological polar surface area (TPSA) is 64.1 Å². The van der Waals surface area contributed by atoms with Gasteiger partial charge < -0.3 is 4.74 Å². The van der Waals surface area contributed by atoms with Crippen molar-refractivity contribution in [2.75, 3.05) is 12.4 Å². The number of nitrogens with zero attached hydrogens (tertiary/aromatic N) is 2. The SMILES string of the molecule is COc1cccc(-c2nnc(NC(=O)c3ccccc3Cl)s2)c1. The minimum atomic E-state index is -0.316. The molecule has 5 nitrogen and oxygen atoms in total. The molecule has 3 aromatic rings. The number of methoxy groups -OCH3 is 1. The van der Waals surface area contributed by atoms with Crippen LogP contribution in [0.15, 0.2) is 48.5 Å². The summed E-state index contributed by atoms with van der Waals surface area (Å²) < 4.78 is 5.19. The molecular formula is C16H12ClN3O2S. The molecule has 2 aromatic carbocycles. The minimum absolute atomic E-state index is 0.316. The molecule has 0 aliphatic heterocycles. The minimum Gasteiger partial charge on any atom is -0.497 e. The monoisotopic (exact) mass is 345 g/mol. The number of hydrogen-bond acceptors (Lipinski definition) is 5. The van der Waals surface area contributed by atoms with Crippen molar-refractivity contribution in [2.24, 2.45) is 0 Å². The molecule has 3 rings (SSSR count). The molecule has 1 aromatic heterocycles. The van der Waals surface area contributed by atoms with Crippen molar-refractivity contribution in [2.45, 2.75) is 0 Å². The molecule has 7 heteroatoms. The molecule has 1 N–H and O–H groups in total. The zero-order valence-electron chi connectivity index (χ0n) is 12.1. The Kier molecular flexibility index (Phi) is 4.55. The zero-order valence-corrected chi connectivity index (χ0v) is 13.7. The maximum atomic E-state index is 12.2. The van der Waals surface area contributed by atoms with Gasteiger partial charge in [0.15, 0.2) is 0 Å². The number of halogens is 1. The summed E-state index contributed by atoms with van der Waals surface area (Å²) in [6, 6.07) is 14.3. The normalized spacial score (nSPS) is 10.3. The van der Waals surface area contributed by atoms with Crippen molar-refractivity contribution in [3.8, 4) is 16.3 Å². The number of aromatic nitrogens is 2. The number of anilines is 1. The van der Waals surface area contributed by atoms with E-state index in [9.17, 15) is 4.79 Å². The molecule has 0 spiro atoms. The lowest BCUT2D eigenvalue weighted by molar-refractivity contribution is 0.102. The third-order valence-corrected chi connectivity index (χ3v) is 4.30. The summed E-state index contributed by atoms with van der Waals surface area (Å²) in [5.41, 5.74) is 1.27. The second kappa shape index (κ2) is 6.76. The van der Waals surface area contributed by atoms with Gasteiger partial charge >= 0.3 is 0 Å². The van der Waals surface area contributed by atoms with Crippen LogP contribution in [0.3, 0.4) is 0 Å². The largest absolute Gasteiger partial charge is 0.497 e. The summed E-state index contributed by atoms with van der Waals surface area (Å²) >= 11 is 7.29. The Bertz CT molecular complexity index is 851. The van der Waals surface area contributed by atoms with Crippen LogP contribution in [0, 0.1) is 0 Å². The molecule has 0 bridgehead atoms. The quantitative estimate of drug-likeness (QED) is 0.772. The number of rotatable bonds is 4. The van der Waals surface area contributed by atoms with Gasteiger partial charge in [0.25, 0.3) is 5.91 Å². The van der Waals surface area contributed by atoms with Gasteiger partial charge in [0.05, 0.1) is 17.7 Å². The molecule has 0 atom stereocenters. The van der Waals surface area contributed by atoms with Crippen molar-refractivity contribution in [3.63, 3.8) is 0 Å². The van der Waals surface area contributed by atoms with Gasteiger partial charge in [-0.2, -0.15) is 0 Å². The van der Waals surface area contributed by atoms with E-state index in [0.717, 1.165) is 11.3 Å². The highest BCUT2D eigenvalue weighted by molar-refractivity contribution is 7.18. The molecule has 23 heavy (non-hydrogen) atoms. The van der Waals surface area contributed by atoms with E-state index >= 15 is 0 Å². The van der Waals surface area contributed by atoms with Gasteiger partial charge in [0.1, 0.15) is 10.8 Å². The first kappa shape index (κ1) is 15.5. The van der Waals surface area contributed by atoms with E-state index in [1.165, 1.54) is 11.3 Å². The van der Waals surface area contributed by atoms with Crippen molar-refractivity contribution in [1.82, 2.24) is 10.2 Å². The summed E-state index contributed by atoms with van der Waals surface area (Å²) in [5, 5.41) is 12.3. The fourth-order valence-corrected chi connectivity index (χ4v) is 2.91. The smallest absolute Gasteiger partial charge is 0.259 e. The van der Waals surface area contributed by atoms with Crippen LogP contribution >= 0.6 is 22.9 Å². The summed E-state index contributed by atoms with van der Waals surface area (Å²) in [7, 11) is 1.61. The van der Waals surface area contributed by atoms with E-state index in [4.69, 9.17) is 16.3 Å². The van der Waals surface area contributed by atoms with E-state index < -0.39 is 0 Å². The number of carbonyl (C=O) groups is 1. The third kappa shape index (κ3) is 3.49. The van der Waals surface area contributed by atoms with Crippen LogP contribution in [0.25, 0.3) is 10.6 Å². The Balaban J connectivity index is 1.79. The number of nitrogens with one attached hydrogen (secondary N) is 1. The van der Waals surface area contributed by atoms with Gasteiger partial charge in [-0.15, -0.1) is 10.2 Å². The predicted octanol–water partition coefficient (Wildman–Crippen LogP) is 4.12. The summed E-state index contributed by atoms with van der Waals surface area (Å²) in [6.45, 7) is 0. The lowest BCUT2D eigenvalue weighted by Gasteiger charge is -2.02. The highest BCUT2D eigenvalue weighted by Crippen LogP contribution is 2.29. The fraction of sp³-hybridized carbons (Fsp3) is 0.0625. The first-order valence-corrected chi connectivity index (χ1v) is 7.90. The lowest BCUT2D eigenvalue weighted by Crippen LogP contribution is -2.12. The molecule has 116 valence electrons. The van der Waals surface area contributed by atoms with E-state index in [1.54, 1.807) is 31.4 Å². The molecule has 0 saturated heterocycles. The number of hydrogen-bond donors (Lipinski definition) is 1. The third-order valence-electron chi connectivity index (χ3n) is 3.08. The average molecular weight is 346 g/mol. The highest BCUT2D eigenvalue weighted by Gasteiger charge is 2.13. The zero-order chi connectivity index (χ0) is 16.2. The molecule has 0 aliphatic rings. The van der Waals surface area contributed by atoms with E-state index in [2.05, 4.69) is 15.5 Å². The predicted molar refractivity (Wildman–Crippen MR) is 91.3 cm³/mol. The second-order valence-electron chi connectivity index (χ2n) is 4.58. The molecule has 1 heterocycles. The van der Waals surface area contributed by atoms with Crippen LogP contribution in [0.4, 0.5) is 5.13 Å². The molecule has 0 unspecified atom stereocenters. The Hall–Kier alpha value is -2.44. The molecule has 0 fully saturated rings. The van der Waals surface area contributed by atoms with Crippen molar-refractivity contribution in [3.05, 3.63) is 59.1 Å². The molecule has 0 saturated carbocycles.